The predicted molar refractivity (Wildman–Crippen MR) is 120 cm³/mol. The van der Waals surface area contributed by atoms with E-state index in [9.17, 15) is 14.4 Å². The molecule has 1 fully saturated rings. The van der Waals surface area contributed by atoms with Crippen LogP contribution in [0.4, 0.5) is 5.69 Å². The summed E-state index contributed by atoms with van der Waals surface area (Å²) in [6.45, 7) is 2.25. The molecule has 2 aromatic rings. The Labute approximate surface area is 182 Å². The number of carboxylic acids is 1. The van der Waals surface area contributed by atoms with Crippen molar-refractivity contribution in [2.24, 2.45) is 0 Å². The summed E-state index contributed by atoms with van der Waals surface area (Å²) in [7, 11) is 0. The molecule has 2 N–H and O–H groups in total. The van der Waals surface area contributed by atoms with Crippen LogP contribution in [0.15, 0.2) is 53.4 Å². The smallest absolute Gasteiger partial charge is 0.335 e. The SMILES string of the molecule is CCOc1ccc(/C=C2/SC(=S)N(CC(=O)Nc3ccc(C(=O)O)cc3)C2=O)cc1. The van der Waals surface area contributed by atoms with E-state index in [1.54, 1.807) is 6.08 Å². The number of hydrogen-bond acceptors (Lipinski definition) is 6. The van der Waals surface area contributed by atoms with Crippen LogP contribution in [0.25, 0.3) is 6.08 Å². The van der Waals surface area contributed by atoms with Crippen LogP contribution >= 0.6 is 24.0 Å². The fourth-order valence-electron chi connectivity index (χ4n) is 2.65. The van der Waals surface area contributed by atoms with Gasteiger partial charge in [-0.3, -0.25) is 14.5 Å². The van der Waals surface area contributed by atoms with E-state index >= 15 is 0 Å². The van der Waals surface area contributed by atoms with Gasteiger partial charge in [0.15, 0.2) is 0 Å². The molecule has 2 aromatic carbocycles. The van der Waals surface area contributed by atoms with Crippen molar-refractivity contribution in [3.05, 3.63) is 64.6 Å². The first-order valence-corrected chi connectivity index (χ1v) is 10.2. The van der Waals surface area contributed by atoms with Crippen LogP contribution in [0, 0.1) is 0 Å². The Morgan fingerprint density at radius 2 is 1.83 bits per heavy atom. The number of carbonyl (C=O) groups excluding carboxylic acids is 2. The Bertz CT molecular complexity index is 1020. The minimum atomic E-state index is -1.05. The van der Waals surface area contributed by atoms with E-state index < -0.39 is 11.9 Å². The number of rotatable bonds is 7. The number of nitrogens with zero attached hydrogens (tertiary/aromatic N) is 1. The molecular formula is C21H18N2O5S2. The molecule has 3 rings (SSSR count). The molecule has 0 atom stereocenters. The average Bonchev–Trinajstić information content (AvgIpc) is 2.97. The first-order chi connectivity index (χ1) is 14.4. The van der Waals surface area contributed by atoms with E-state index in [-0.39, 0.29) is 18.0 Å². The molecule has 0 saturated carbocycles. The van der Waals surface area contributed by atoms with E-state index in [2.05, 4.69) is 5.32 Å². The second-order valence-electron chi connectivity index (χ2n) is 6.20. The number of carbonyl (C=O) groups is 3. The predicted octanol–water partition coefficient (Wildman–Crippen LogP) is 3.62. The third-order valence-corrected chi connectivity index (χ3v) is 5.46. The second kappa shape index (κ2) is 9.55. The quantitative estimate of drug-likeness (QED) is 0.499. The van der Waals surface area contributed by atoms with Crippen molar-refractivity contribution >= 4 is 57.8 Å². The lowest BCUT2D eigenvalue weighted by Gasteiger charge is -2.14. The number of anilines is 1. The van der Waals surface area contributed by atoms with Gasteiger partial charge in [0.25, 0.3) is 5.91 Å². The molecule has 30 heavy (non-hydrogen) atoms. The van der Waals surface area contributed by atoms with E-state index in [1.165, 1.54) is 29.2 Å². The number of thiocarbonyl (C=S) groups is 1. The molecule has 0 bridgehead atoms. The van der Waals surface area contributed by atoms with Crippen molar-refractivity contribution in [3.63, 3.8) is 0 Å². The highest BCUT2D eigenvalue weighted by Gasteiger charge is 2.33. The van der Waals surface area contributed by atoms with Gasteiger partial charge in [0.2, 0.25) is 5.91 Å². The highest BCUT2D eigenvalue weighted by Crippen LogP contribution is 2.32. The van der Waals surface area contributed by atoms with Gasteiger partial charge in [-0.15, -0.1) is 0 Å². The van der Waals surface area contributed by atoms with Crippen LogP contribution in [-0.2, 0) is 9.59 Å². The second-order valence-corrected chi connectivity index (χ2v) is 7.88. The van der Waals surface area contributed by atoms with Gasteiger partial charge >= 0.3 is 5.97 Å². The molecule has 0 spiro atoms. The van der Waals surface area contributed by atoms with Crippen molar-refractivity contribution in [3.8, 4) is 5.75 Å². The topological polar surface area (TPSA) is 95.9 Å². The van der Waals surface area contributed by atoms with Crippen LogP contribution < -0.4 is 10.1 Å². The van der Waals surface area contributed by atoms with E-state index in [0.29, 0.717) is 21.5 Å². The molecule has 0 radical (unpaired) electrons. The summed E-state index contributed by atoms with van der Waals surface area (Å²) in [5, 5.41) is 11.5. The van der Waals surface area contributed by atoms with Gasteiger partial charge in [0, 0.05) is 5.69 Å². The molecule has 1 heterocycles. The van der Waals surface area contributed by atoms with Gasteiger partial charge in [-0.1, -0.05) is 36.1 Å². The van der Waals surface area contributed by atoms with Crippen molar-refractivity contribution in [1.29, 1.82) is 0 Å². The molecule has 0 aliphatic carbocycles. The maximum atomic E-state index is 12.7. The number of ether oxygens (including phenoxy) is 1. The molecule has 0 unspecified atom stereocenters. The molecule has 1 aliphatic heterocycles. The highest BCUT2D eigenvalue weighted by atomic mass is 32.2. The molecule has 154 valence electrons. The lowest BCUT2D eigenvalue weighted by Crippen LogP contribution is -2.36. The summed E-state index contributed by atoms with van der Waals surface area (Å²) < 4.78 is 5.70. The lowest BCUT2D eigenvalue weighted by atomic mass is 10.2. The molecule has 1 saturated heterocycles. The third kappa shape index (κ3) is 5.25. The number of amides is 2. The van der Waals surface area contributed by atoms with Crippen LogP contribution in [-0.4, -0.2) is 45.3 Å². The molecule has 0 aromatic heterocycles. The number of thioether (sulfide) groups is 1. The maximum Gasteiger partial charge on any atom is 0.335 e. The van der Waals surface area contributed by atoms with E-state index in [0.717, 1.165) is 23.1 Å². The third-order valence-electron chi connectivity index (χ3n) is 4.08. The van der Waals surface area contributed by atoms with Gasteiger partial charge in [0.05, 0.1) is 17.1 Å². The number of benzene rings is 2. The van der Waals surface area contributed by atoms with E-state index in [1.807, 2.05) is 31.2 Å². The Morgan fingerprint density at radius 1 is 1.17 bits per heavy atom. The fourth-order valence-corrected chi connectivity index (χ4v) is 3.91. The normalized spacial score (nSPS) is 14.8. The zero-order valence-electron chi connectivity index (χ0n) is 16.0. The molecule has 1 aliphatic rings. The van der Waals surface area contributed by atoms with Crippen molar-refractivity contribution in [1.82, 2.24) is 4.90 Å². The van der Waals surface area contributed by atoms with Crippen molar-refractivity contribution in [2.45, 2.75) is 6.92 Å². The zero-order chi connectivity index (χ0) is 21.7. The first-order valence-electron chi connectivity index (χ1n) is 8.99. The van der Waals surface area contributed by atoms with Gasteiger partial charge in [0.1, 0.15) is 16.6 Å². The highest BCUT2D eigenvalue weighted by molar-refractivity contribution is 8.26. The molecule has 9 heteroatoms. The Kier molecular flexibility index (Phi) is 6.86. The number of aromatic carboxylic acids is 1. The summed E-state index contributed by atoms with van der Waals surface area (Å²) >= 11 is 6.39. The Balaban J connectivity index is 1.64. The van der Waals surface area contributed by atoms with Crippen molar-refractivity contribution in [2.75, 3.05) is 18.5 Å². The zero-order valence-corrected chi connectivity index (χ0v) is 17.6. The number of carboxylic acid groups (broad SMARTS) is 1. The number of hydrogen-bond donors (Lipinski definition) is 2. The summed E-state index contributed by atoms with van der Waals surface area (Å²) in [6, 6.07) is 13.1. The van der Waals surface area contributed by atoms with Crippen LogP contribution in [0.1, 0.15) is 22.8 Å². The number of nitrogens with one attached hydrogen (secondary N) is 1. The maximum absolute atomic E-state index is 12.7. The average molecular weight is 443 g/mol. The van der Waals surface area contributed by atoms with E-state index in [4.69, 9.17) is 22.1 Å². The fraction of sp³-hybridized carbons (Fsp3) is 0.143. The minimum Gasteiger partial charge on any atom is -0.494 e. The van der Waals surface area contributed by atoms with Gasteiger partial charge in [-0.2, -0.15) is 0 Å². The first kappa shape index (κ1) is 21.5. The lowest BCUT2D eigenvalue weighted by molar-refractivity contribution is -0.126. The Morgan fingerprint density at radius 3 is 2.43 bits per heavy atom. The summed E-state index contributed by atoms with van der Waals surface area (Å²) in [6.07, 6.45) is 1.72. The molecule has 2 amide bonds. The van der Waals surface area contributed by atoms with Gasteiger partial charge in [-0.25, -0.2) is 4.79 Å². The summed E-state index contributed by atoms with van der Waals surface area (Å²) in [5.41, 5.74) is 1.37. The van der Waals surface area contributed by atoms with Gasteiger partial charge in [-0.05, 0) is 55.0 Å². The van der Waals surface area contributed by atoms with Crippen LogP contribution in [0.5, 0.6) is 5.75 Å². The standard InChI is InChI=1S/C21H18N2O5S2/c1-2-28-16-9-3-13(4-10-16)11-17-19(25)23(21(29)30-17)12-18(24)22-15-7-5-14(6-8-15)20(26)27/h3-11H,2,12H2,1H3,(H,22,24)(H,26,27)/b17-11+. The minimum absolute atomic E-state index is 0.115. The largest absolute Gasteiger partial charge is 0.494 e. The molecule has 7 nitrogen and oxygen atoms in total. The molecular weight excluding hydrogens is 424 g/mol. The summed E-state index contributed by atoms with van der Waals surface area (Å²) in [4.78, 5) is 37.6. The van der Waals surface area contributed by atoms with Gasteiger partial charge < -0.3 is 15.2 Å². The Hall–Kier alpha value is -3.17. The monoisotopic (exact) mass is 442 g/mol. The summed E-state index contributed by atoms with van der Waals surface area (Å²) in [5.74, 6) is -1.08. The van der Waals surface area contributed by atoms with Crippen LogP contribution in [0.2, 0.25) is 0 Å². The van der Waals surface area contributed by atoms with Crippen LogP contribution in [0.3, 0.4) is 0 Å². The van der Waals surface area contributed by atoms with Crippen molar-refractivity contribution < 1.29 is 24.2 Å².